The number of hydrogen-bond acceptors (Lipinski definition) is 4. The lowest BCUT2D eigenvalue weighted by Gasteiger charge is -2.09. The number of halogens is 1. The monoisotopic (exact) mass is 259 g/mol. The van der Waals surface area contributed by atoms with E-state index in [1.165, 1.54) is 12.3 Å². The molecule has 4 nitrogen and oxygen atoms in total. The van der Waals surface area contributed by atoms with Crippen LogP contribution in [0.3, 0.4) is 0 Å². The van der Waals surface area contributed by atoms with Crippen LogP contribution in [0.4, 0.5) is 5.69 Å². The summed E-state index contributed by atoms with van der Waals surface area (Å²) in [6.07, 6.45) is 1.48. The number of nitrogens with zero attached hydrogens (tertiary/aromatic N) is 2. The van der Waals surface area contributed by atoms with E-state index < -0.39 is 0 Å². The predicted octanol–water partition coefficient (Wildman–Crippen LogP) is 2.77. The Hall–Kier alpha value is -2.25. The average molecular weight is 260 g/mol. The maximum atomic E-state index is 8.84. The summed E-state index contributed by atoms with van der Waals surface area (Å²) in [5.74, 6) is 0.244. The number of aromatic nitrogens is 1. The SMILES string of the molecule is N#Cc1ccnc(OCc2ccccc2Cl)c1N. The minimum atomic E-state index is 0.243. The van der Waals surface area contributed by atoms with Gasteiger partial charge in [-0.25, -0.2) is 4.98 Å². The molecule has 1 heterocycles. The summed E-state index contributed by atoms with van der Waals surface area (Å²) in [5, 5.41) is 9.46. The number of nitriles is 1. The van der Waals surface area contributed by atoms with E-state index in [1.54, 1.807) is 6.07 Å². The summed E-state index contributed by atoms with van der Waals surface area (Å²) in [6, 6.07) is 10.9. The van der Waals surface area contributed by atoms with Crippen molar-refractivity contribution < 1.29 is 4.74 Å². The van der Waals surface area contributed by atoms with Gasteiger partial charge in [0, 0.05) is 16.8 Å². The quantitative estimate of drug-likeness (QED) is 0.920. The van der Waals surface area contributed by atoms with E-state index in [1.807, 2.05) is 24.3 Å². The van der Waals surface area contributed by atoms with Crippen LogP contribution in [0.1, 0.15) is 11.1 Å². The summed E-state index contributed by atoms with van der Waals surface area (Å²) < 4.78 is 5.47. The van der Waals surface area contributed by atoms with Gasteiger partial charge in [-0.15, -0.1) is 0 Å². The number of nitrogens with two attached hydrogens (primary N) is 1. The van der Waals surface area contributed by atoms with Gasteiger partial charge in [0.15, 0.2) is 0 Å². The van der Waals surface area contributed by atoms with Crippen molar-refractivity contribution in [2.75, 3.05) is 5.73 Å². The molecule has 0 fully saturated rings. The van der Waals surface area contributed by atoms with Crippen LogP contribution in [0.5, 0.6) is 5.88 Å². The van der Waals surface area contributed by atoms with Crippen molar-refractivity contribution in [1.82, 2.24) is 4.98 Å². The fourth-order valence-electron chi connectivity index (χ4n) is 1.43. The highest BCUT2D eigenvalue weighted by Gasteiger charge is 2.08. The Morgan fingerprint density at radius 1 is 1.33 bits per heavy atom. The first-order valence-electron chi connectivity index (χ1n) is 5.23. The standard InChI is InChI=1S/C13H10ClN3O/c14-11-4-2-1-3-10(11)8-18-13-12(16)9(7-15)5-6-17-13/h1-6H,8,16H2. The van der Waals surface area contributed by atoms with Gasteiger partial charge in [0.05, 0.1) is 5.56 Å². The molecule has 5 heteroatoms. The van der Waals surface area contributed by atoms with E-state index >= 15 is 0 Å². The second-order valence-corrected chi connectivity index (χ2v) is 3.98. The molecular formula is C13H10ClN3O. The van der Waals surface area contributed by atoms with Crippen molar-refractivity contribution in [1.29, 1.82) is 5.26 Å². The molecule has 2 rings (SSSR count). The molecule has 0 unspecified atom stereocenters. The van der Waals surface area contributed by atoms with Gasteiger partial charge in [-0.3, -0.25) is 0 Å². The highest BCUT2D eigenvalue weighted by Crippen LogP contribution is 2.23. The molecule has 1 aromatic heterocycles. The number of ether oxygens (including phenoxy) is 1. The predicted molar refractivity (Wildman–Crippen MR) is 69.1 cm³/mol. The highest BCUT2D eigenvalue weighted by atomic mass is 35.5. The number of hydrogen-bond donors (Lipinski definition) is 1. The normalized spacial score (nSPS) is 9.78. The van der Waals surface area contributed by atoms with E-state index in [0.717, 1.165) is 5.56 Å². The summed E-state index contributed by atoms with van der Waals surface area (Å²) in [6.45, 7) is 0.256. The molecule has 0 bridgehead atoms. The van der Waals surface area contributed by atoms with Gasteiger partial charge in [-0.1, -0.05) is 29.8 Å². The van der Waals surface area contributed by atoms with Crippen LogP contribution < -0.4 is 10.5 Å². The Bertz CT molecular complexity index is 607. The second kappa shape index (κ2) is 5.39. The Balaban J connectivity index is 2.17. The lowest BCUT2D eigenvalue weighted by atomic mass is 10.2. The van der Waals surface area contributed by atoms with Crippen LogP contribution in [0.25, 0.3) is 0 Å². The van der Waals surface area contributed by atoms with Crippen molar-refractivity contribution in [3.8, 4) is 11.9 Å². The lowest BCUT2D eigenvalue weighted by Crippen LogP contribution is -2.02. The fraction of sp³-hybridized carbons (Fsp3) is 0.0769. The van der Waals surface area contributed by atoms with Crippen molar-refractivity contribution in [3.63, 3.8) is 0 Å². The van der Waals surface area contributed by atoms with Gasteiger partial charge in [0.25, 0.3) is 0 Å². The smallest absolute Gasteiger partial charge is 0.238 e. The lowest BCUT2D eigenvalue weighted by molar-refractivity contribution is 0.296. The van der Waals surface area contributed by atoms with Crippen molar-refractivity contribution in [2.24, 2.45) is 0 Å². The summed E-state index contributed by atoms with van der Waals surface area (Å²) in [4.78, 5) is 3.99. The molecule has 0 aliphatic carbocycles. The zero-order valence-electron chi connectivity index (χ0n) is 9.43. The third-order valence-electron chi connectivity index (χ3n) is 2.40. The van der Waals surface area contributed by atoms with Crippen LogP contribution in [0.2, 0.25) is 5.02 Å². The van der Waals surface area contributed by atoms with Crippen LogP contribution in [0.15, 0.2) is 36.5 Å². The summed E-state index contributed by atoms with van der Waals surface area (Å²) >= 11 is 6.00. The minimum absolute atomic E-state index is 0.243. The second-order valence-electron chi connectivity index (χ2n) is 3.57. The first kappa shape index (κ1) is 12.2. The van der Waals surface area contributed by atoms with Crippen molar-refractivity contribution in [3.05, 3.63) is 52.7 Å². The number of rotatable bonds is 3. The summed E-state index contributed by atoms with van der Waals surface area (Å²) in [5.41, 5.74) is 7.18. The van der Waals surface area contributed by atoms with Gasteiger partial charge >= 0.3 is 0 Å². The molecule has 0 saturated carbocycles. The van der Waals surface area contributed by atoms with E-state index in [9.17, 15) is 0 Å². The molecule has 90 valence electrons. The molecule has 0 saturated heterocycles. The van der Waals surface area contributed by atoms with Gasteiger partial charge < -0.3 is 10.5 Å². The molecule has 0 atom stereocenters. The molecule has 0 aliphatic heterocycles. The van der Waals surface area contributed by atoms with Crippen LogP contribution in [-0.4, -0.2) is 4.98 Å². The van der Waals surface area contributed by atoms with Gasteiger partial charge in [0.1, 0.15) is 18.4 Å². The molecule has 0 radical (unpaired) electrons. The van der Waals surface area contributed by atoms with Gasteiger partial charge in [0.2, 0.25) is 5.88 Å². The van der Waals surface area contributed by atoms with E-state index in [0.29, 0.717) is 10.6 Å². The maximum Gasteiger partial charge on any atom is 0.238 e. The first-order chi connectivity index (χ1) is 8.72. The third-order valence-corrected chi connectivity index (χ3v) is 2.76. The molecule has 2 N–H and O–H groups in total. The van der Waals surface area contributed by atoms with E-state index in [2.05, 4.69) is 4.98 Å². The molecule has 2 aromatic rings. The summed E-state index contributed by atoms with van der Waals surface area (Å²) in [7, 11) is 0. The van der Waals surface area contributed by atoms with Crippen LogP contribution in [0, 0.1) is 11.3 Å². The minimum Gasteiger partial charge on any atom is -0.471 e. The maximum absolute atomic E-state index is 8.84. The van der Waals surface area contributed by atoms with Crippen LogP contribution in [-0.2, 0) is 6.61 Å². The number of nitrogen functional groups attached to an aromatic ring is 1. The zero-order valence-corrected chi connectivity index (χ0v) is 10.2. The first-order valence-corrected chi connectivity index (χ1v) is 5.61. The van der Waals surface area contributed by atoms with Crippen molar-refractivity contribution >= 4 is 17.3 Å². The molecule has 0 aliphatic rings. The highest BCUT2D eigenvalue weighted by molar-refractivity contribution is 6.31. The number of anilines is 1. The topological polar surface area (TPSA) is 71.9 Å². The van der Waals surface area contributed by atoms with Gasteiger partial charge in [-0.05, 0) is 12.1 Å². The Morgan fingerprint density at radius 2 is 2.11 bits per heavy atom. The fourth-order valence-corrected chi connectivity index (χ4v) is 1.62. The Labute approximate surface area is 110 Å². The number of pyridine rings is 1. The molecule has 0 amide bonds. The largest absolute Gasteiger partial charge is 0.471 e. The number of benzene rings is 1. The molecule has 0 spiro atoms. The van der Waals surface area contributed by atoms with E-state index in [4.69, 9.17) is 27.3 Å². The van der Waals surface area contributed by atoms with Crippen molar-refractivity contribution in [2.45, 2.75) is 6.61 Å². The average Bonchev–Trinajstić information content (AvgIpc) is 2.39. The molecular weight excluding hydrogens is 250 g/mol. The van der Waals surface area contributed by atoms with E-state index in [-0.39, 0.29) is 18.2 Å². The zero-order chi connectivity index (χ0) is 13.0. The van der Waals surface area contributed by atoms with Crippen LogP contribution >= 0.6 is 11.6 Å². The Morgan fingerprint density at radius 3 is 2.83 bits per heavy atom. The molecule has 1 aromatic carbocycles. The molecule has 18 heavy (non-hydrogen) atoms. The Kier molecular flexibility index (Phi) is 3.66. The third kappa shape index (κ3) is 2.53. The van der Waals surface area contributed by atoms with Gasteiger partial charge in [-0.2, -0.15) is 5.26 Å².